The van der Waals surface area contributed by atoms with Crippen LogP contribution in [0.2, 0.25) is 0 Å². The zero-order valence-corrected chi connectivity index (χ0v) is 31.0. The summed E-state index contributed by atoms with van der Waals surface area (Å²) < 4.78 is 0. The molecule has 250 valence electrons. The van der Waals surface area contributed by atoms with Crippen LogP contribution in [0.3, 0.4) is 0 Å². The Labute approximate surface area is 292 Å². The van der Waals surface area contributed by atoms with Crippen LogP contribution in [-0.2, 0) is 17.1 Å². The number of pyridine rings is 1. The van der Waals surface area contributed by atoms with Crippen LogP contribution in [0.1, 0.15) is 131 Å². The van der Waals surface area contributed by atoms with Crippen molar-refractivity contribution in [3.63, 3.8) is 0 Å². The van der Waals surface area contributed by atoms with Gasteiger partial charge < -0.3 is 0 Å². The van der Waals surface area contributed by atoms with Crippen LogP contribution in [0.25, 0.3) is 0 Å². The summed E-state index contributed by atoms with van der Waals surface area (Å²) in [7, 11) is 0. The molecule has 4 heteroatoms. The van der Waals surface area contributed by atoms with Crippen LogP contribution < -0.4 is 0 Å². The molecule has 0 N–H and O–H groups in total. The van der Waals surface area contributed by atoms with Gasteiger partial charge in [0.05, 0.1) is 34.2 Å². The molecule has 0 aliphatic rings. The number of aryl methyl sites for hydroxylation is 4. The first-order chi connectivity index (χ1) is 21.7. The van der Waals surface area contributed by atoms with Crippen LogP contribution >= 0.6 is 0 Å². The number of rotatable bonds is 17. The van der Waals surface area contributed by atoms with E-state index in [9.17, 15) is 0 Å². The van der Waals surface area contributed by atoms with Crippen molar-refractivity contribution < 1.29 is 17.1 Å². The molecular weight excluding hydrogens is 602 g/mol. The third-order valence-corrected chi connectivity index (χ3v) is 8.10. The van der Waals surface area contributed by atoms with Crippen LogP contribution in [0.4, 0.5) is 11.4 Å². The minimum Gasteiger partial charge on any atom is -0.251 e. The molecule has 0 amide bonds. The van der Waals surface area contributed by atoms with Crippen LogP contribution in [0.5, 0.6) is 0 Å². The largest absolute Gasteiger partial charge is 0.251 e. The second kappa shape index (κ2) is 23.3. The molecule has 0 spiro atoms. The third kappa shape index (κ3) is 14.6. The van der Waals surface area contributed by atoms with Crippen molar-refractivity contribution >= 4 is 22.8 Å². The fraction of sp³-hybridized carbons (Fsp3) is 0.452. The minimum atomic E-state index is 0. The van der Waals surface area contributed by atoms with Crippen molar-refractivity contribution in [1.82, 2.24) is 4.98 Å². The first-order valence-corrected chi connectivity index (χ1v) is 17.2. The van der Waals surface area contributed by atoms with Crippen LogP contribution in [-0.4, -0.2) is 16.4 Å². The molecular formula is C42H59FeN3. The van der Waals surface area contributed by atoms with Gasteiger partial charge in [0.15, 0.2) is 0 Å². The van der Waals surface area contributed by atoms with Crippen molar-refractivity contribution in [3.8, 4) is 0 Å². The van der Waals surface area contributed by atoms with Gasteiger partial charge in [-0.3, -0.25) is 9.98 Å². The fourth-order valence-electron chi connectivity index (χ4n) is 5.26. The number of allylic oxidation sites excluding steroid dienone is 2. The van der Waals surface area contributed by atoms with E-state index in [0.29, 0.717) is 0 Å². The third-order valence-electron chi connectivity index (χ3n) is 8.10. The molecule has 2 aromatic carbocycles. The molecule has 3 nitrogen and oxygen atoms in total. The maximum absolute atomic E-state index is 5.27. The molecule has 0 aliphatic heterocycles. The summed E-state index contributed by atoms with van der Waals surface area (Å²) in [6, 6.07) is 19.3. The summed E-state index contributed by atoms with van der Waals surface area (Å²) in [6.45, 7) is 22.1. The monoisotopic (exact) mass is 661 g/mol. The van der Waals surface area contributed by atoms with Gasteiger partial charge in [-0.15, -0.1) is 0 Å². The van der Waals surface area contributed by atoms with Crippen molar-refractivity contribution in [3.05, 3.63) is 113 Å². The topological polar surface area (TPSA) is 37.6 Å². The van der Waals surface area contributed by atoms with Gasteiger partial charge >= 0.3 is 0 Å². The molecule has 0 radical (unpaired) electrons. The zero-order chi connectivity index (χ0) is 33.0. The molecule has 3 rings (SSSR count). The summed E-state index contributed by atoms with van der Waals surface area (Å²) in [5.74, 6) is 0. The zero-order valence-electron chi connectivity index (χ0n) is 29.9. The Kier molecular flexibility index (Phi) is 20.7. The van der Waals surface area contributed by atoms with Gasteiger partial charge in [-0.25, -0.2) is 4.98 Å². The van der Waals surface area contributed by atoms with Gasteiger partial charge in [-0.05, 0) is 94.7 Å². The summed E-state index contributed by atoms with van der Waals surface area (Å²) >= 11 is 0. The molecule has 0 saturated heterocycles. The number of nitrogens with zero attached hydrogens (tertiary/aromatic N) is 3. The van der Waals surface area contributed by atoms with Gasteiger partial charge in [-0.2, -0.15) is 0 Å². The average Bonchev–Trinajstić information content (AvgIpc) is 3.02. The van der Waals surface area contributed by atoms with E-state index in [-0.39, 0.29) is 17.1 Å². The number of para-hydroxylation sites is 2. The number of hydrogen-bond donors (Lipinski definition) is 0. The Morgan fingerprint density at radius 2 is 0.935 bits per heavy atom. The van der Waals surface area contributed by atoms with E-state index in [2.05, 4.69) is 109 Å². The van der Waals surface area contributed by atoms with Gasteiger partial charge in [0.25, 0.3) is 0 Å². The first kappa shape index (κ1) is 41.0. The van der Waals surface area contributed by atoms with Gasteiger partial charge in [-0.1, -0.05) is 132 Å². The Balaban J connectivity index is 0.00000163. The molecule has 1 aromatic heterocycles. The minimum absolute atomic E-state index is 0. The molecule has 46 heavy (non-hydrogen) atoms. The number of aliphatic imine (C=N–C) groups is 2. The van der Waals surface area contributed by atoms with Crippen molar-refractivity contribution in [1.29, 1.82) is 0 Å². The number of unbranched alkanes of at least 4 members (excludes halogenated alkanes) is 8. The molecule has 1 heterocycles. The predicted octanol–water partition coefficient (Wildman–Crippen LogP) is 13.0. The van der Waals surface area contributed by atoms with E-state index in [4.69, 9.17) is 15.0 Å². The molecule has 3 aromatic rings. The second-order valence-electron chi connectivity index (χ2n) is 12.4. The van der Waals surface area contributed by atoms with Gasteiger partial charge in [0, 0.05) is 17.1 Å². The SMILES string of the molecule is C=CC(=C)C.CCCCCCCC(=Nc1c(C)cccc1C)c1cccc(C(CCCCCCC)=Nc2c(C)cccc2C)n1.[Fe]. The van der Waals surface area contributed by atoms with Crippen molar-refractivity contribution in [2.75, 3.05) is 0 Å². The maximum atomic E-state index is 5.27. The summed E-state index contributed by atoms with van der Waals surface area (Å²) in [5, 5.41) is 0. The fourth-order valence-corrected chi connectivity index (χ4v) is 5.26. The van der Waals surface area contributed by atoms with Crippen LogP contribution in [0.15, 0.2) is 89.4 Å². The van der Waals surface area contributed by atoms with E-state index in [1.165, 1.54) is 73.6 Å². The maximum Gasteiger partial charge on any atom is 0.0852 e. The van der Waals surface area contributed by atoms with Gasteiger partial charge in [0.2, 0.25) is 0 Å². The van der Waals surface area contributed by atoms with E-state index in [0.717, 1.165) is 65.4 Å². The predicted molar refractivity (Wildman–Crippen MR) is 200 cm³/mol. The first-order valence-electron chi connectivity index (χ1n) is 17.2. The molecule has 0 aliphatic carbocycles. The van der Waals surface area contributed by atoms with Crippen molar-refractivity contribution in [2.24, 2.45) is 9.98 Å². The molecule has 0 fully saturated rings. The van der Waals surface area contributed by atoms with Crippen molar-refractivity contribution in [2.45, 2.75) is 126 Å². The quantitative estimate of drug-likeness (QED) is 0.0614. The van der Waals surface area contributed by atoms with Crippen LogP contribution in [0, 0.1) is 27.7 Å². The number of benzene rings is 2. The second-order valence-corrected chi connectivity index (χ2v) is 12.4. The molecule has 0 unspecified atom stereocenters. The Morgan fingerprint density at radius 3 is 1.26 bits per heavy atom. The molecule has 0 atom stereocenters. The number of hydrogen-bond acceptors (Lipinski definition) is 3. The Bertz CT molecular complexity index is 1280. The van der Waals surface area contributed by atoms with E-state index >= 15 is 0 Å². The smallest absolute Gasteiger partial charge is 0.0852 e. The van der Waals surface area contributed by atoms with E-state index in [1.54, 1.807) is 6.08 Å². The average molecular weight is 662 g/mol. The molecule has 0 saturated carbocycles. The summed E-state index contributed by atoms with van der Waals surface area (Å²) in [6.07, 6.45) is 16.0. The van der Waals surface area contributed by atoms with E-state index in [1.807, 2.05) is 6.92 Å². The normalized spacial score (nSPS) is 11.4. The van der Waals surface area contributed by atoms with Gasteiger partial charge in [0.1, 0.15) is 0 Å². The number of aromatic nitrogens is 1. The standard InChI is InChI=1S/C37H51N3.C5H8.Fe/c1-7-9-11-13-15-24-34(39-36-28(3)20-17-21-29(36)4)32-26-19-27-33(38-32)35(25-16-14-12-10-8-2)40-37-30(5)22-18-23-31(37)6;1-4-5(2)3;/h17-23,26-27H,7-16,24-25H2,1-6H3;4H,1-2H2,3H3;. The summed E-state index contributed by atoms with van der Waals surface area (Å²) in [5.41, 5.74) is 12.2. The Morgan fingerprint density at radius 1 is 0.609 bits per heavy atom. The Hall–Kier alpha value is -3.07. The van der Waals surface area contributed by atoms with E-state index < -0.39 is 0 Å². The molecule has 0 bridgehead atoms. The summed E-state index contributed by atoms with van der Waals surface area (Å²) in [4.78, 5) is 15.8.